The molecule has 5 rings (SSSR count). The van der Waals surface area contributed by atoms with Gasteiger partial charge in [-0.2, -0.15) is 5.10 Å². The number of nitrogens with one attached hydrogen (secondary N) is 1. The fraction of sp³-hybridized carbons (Fsp3) is 0.630. The van der Waals surface area contributed by atoms with Crippen molar-refractivity contribution in [2.24, 2.45) is 0 Å². The maximum Gasteiger partial charge on any atom is 0.356 e. The molecule has 0 saturated heterocycles. The molecule has 0 amide bonds. The van der Waals surface area contributed by atoms with Gasteiger partial charge in [-0.15, -0.1) is 0 Å². The van der Waals surface area contributed by atoms with Crippen molar-refractivity contribution in [3.05, 3.63) is 46.8 Å². The molecule has 2 saturated carbocycles. The summed E-state index contributed by atoms with van der Waals surface area (Å²) in [5.74, 6) is -0.0601. The average molecular weight is 438 g/mol. The first-order valence-electron chi connectivity index (χ1n) is 12.8. The predicted octanol–water partition coefficient (Wildman–Crippen LogP) is 6.74. The van der Waals surface area contributed by atoms with Gasteiger partial charge in [-0.1, -0.05) is 56.7 Å². The average Bonchev–Trinajstić information content (AvgIpc) is 3.26. The van der Waals surface area contributed by atoms with Crippen molar-refractivity contribution in [3.8, 4) is 0 Å². The Bertz CT molecular complexity index is 892. The van der Waals surface area contributed by atoms with Crippen molar-refractivity contribution >= 4 is 11.7 Å². The number of anilines is 1. The molecule has 3 aliphatic rings. The fourth-order valence-corrected chi connectivity index (χ4v) is 5.92. The van der Waals surface area contributed by atoms with Gasteiger partial charge in [0.15, 0.2) is 5.69 Å². The van der Waals surface area contributed by atoms with E-state index in [0.717, 1.165) is 43.6 Å². The van der Waals surface area contributed by atoms with E-state index in [4.69, 9.17) is 0 Å². The van der Waals surface area contributed by atoms with Crippen LogP contribution in [0, 0.1) is 0 Å². The monoisotopic (exact) mass is 437 g/mol. The Balaban J connectivity index is 0.000000158. The summed E-state index contributed by atoms with van der Waals surface area (Å²) in [6.07, 6.45) is 17.3. The second kappa shape index (κ2) is 11.0. The van der Waals surface area contributed by atoms with Crippen LogP contribution in [0.2, 0.25) is 0 Å². The standard InChI is InChI=1S/C14H20N2O2.C13H19N/c17-14(18)13-11-8-4-5-9-12(11)16(15-13)10-6-2-1-3-7-10;1-14-13-10-6-5-9-12(13)11-7-3-2-4-8-11/h10H,1-9H2,(H,17,18);5-6,9-11,14H,2-4,7-8H2,1H3. The van der Waals surface area contributed by atoms with Crippen molar-refractivity contribution in [3.63, 3.8) is 0 Å². The number of aromatic carboxylic acids is 1. The molecule has 1 aromatic heterocycles. The van der Waals surface area contributed by atoms with Crippen molar-refractivity contribution < 1.29 is 9.90 Å². The SMILES string of the molecule is CNc1ccccc1C1CCCCC1.O=C(O)c1nn(C2CCCCC2)c2c1CCCC2. The van der Waals surface area contributed by atoms with Crippen LogP contribution in [-0.4, -0.2) is 27.9 Å². The first-order chi connectivity index (χ1) is 15.7. The minimum atomic E-state index is -0.859. The number of carboxylic acid groups (broad SMARTS) is 1. The summed E-state index contributed by atoms with van der Waals surface area (Å²) in [6.45, 7) is 0. The van der Waals surface area contributed by atoms with Crippen molar-refractivity contribution in [1.82, 2.24) is 9.78 Å². The molecule has 1 heterocycles. The highest BCUT2D eigenvalue weighted by Gasteiger charge is 2.28. The van der Waals surface area contributed by atoms with E-state index >= 15 is 0 Å². The molecule has 0 radical (unpaired) electrons. The number of carbonyl (C=O) groups is 1. The van der Waals surface area contributed by atoms with Crippen LogP contribution >= 0.6 is 0 Å². The number of hydrogen-bond acceptors (Lipinski definition) is 3. The Morgan fingerprint density at radius 3 is 2.28 bits per heavy atom. The van der Waals surface area contributed by atoms with Gasteiger partial charge < -0.3 is 10.4 Å². The zero-order valence-electron chi connectivity index (χ0n) is 19.6. The maximum absolute atomic E-state index is 11.3. The number of nitrogens with zero attached hydrogens (tertiary/aromatic N) is 2. The molecule has 0 aliphatic heterocycles. The molecule has 0 unspecified atom stereocenters. The first-order valence-corrected chi connectivity index (χ1v) is 12.8. The van der Waals surface area contributed by atoms with Gasteiger partial charge in [0.1, 0.15) is 0 Å². The van der Waals surface area contributed by atoms with E-state index < -0.39 is 5.97 Å². The first kappa shape index (κ1) is 22.9. The zero-order chi connectivity index (χ0) is 22.3. The van der Waals surface area contributed by atoms with Crippen molar-refractivity contribution in [1.29, 1.82) is 0 Å². The lowest BCUT2D eigenvalue weighted by Gasteiger charge is -2.25. The molecule has 1 aromatic carbocycles. The van der Waals surface area contributed by atoms with Gasteiger partial charge in [0.2, 0.25) is 0 Å². The van der Waals surface area contributed by atoms with Crippen molar-refractivity contribution in [2.45, 2.75) is 102 Å². The molecule has 2 fully saturated rings. The number of rotatable bonds is 4. The number of benzene rings is 1. The van der Waals surface area contributed by atoms with Crippen LogP contribution in [0.1, 0.15) is 116 Å². The van der Waals surface area contributed by atoms with Crippen LogP contribution in [0.5, 0.6) is 0 Å². The molecule has 32 heavy (non-hydrogen) atoms. The Morgan fingerprint density at radius 1 is 0.938 bits per heavy atom. The molecule has 2 N–H and O–H groups in total. The highest BCUT2D eigenvalue weighted by molar-refractivity contribution is 5.87. The van der Waals surface area contributed by atoms with Gasteiger partial charge in [-0.25, -0.2) is 4.79 Å². The third-order valence-corrected chi connectivity index (χ3v) is 7.61. The van der Waals surface area contributed by atoms with Gasteiger partial charge >= 0.3 is 5.97 Å². The Morgan fingerprint density at radius 2 is 1.59 bits per heavy atom. The van der Waals surface area contributed by atoms with Gasteiger partial charge in [0, 0.05) is 24.0 Å². The summed E-state index contributed by atoms with van der Waals surface area (Å²) >= 11 is 0. The number of aromatic nitrogens is 2. The lowest BCUT2D eigenvalue weighted by Crippen LogP contribution is -2.18. The molecular formula is C27H39N3O2. The van der Waals surface area contributed by atoms with Crippen LogP contribution in [-0.2, 0) is 12.8 Å². The van der Waals surface area contributed by atoms with Crippen LogP contribution < -0.4 is 5.32 Å². The largest absolute Gasteiger partial charge is 0.476 e. The molecule has 0 spiro atoms. The highest BCUT2D eigenvalue weighted by Crippen LogP contribution is 2.36. The molecule has 174 valence electrons. The predicted molar refractivity (Wildman–Crippen MR) is 130 cm³/mol. The van der Waals surface area contributed by atoms with Crippen LogP contribution in [0.15, 0.2) is 24.3 Å². The van der Waals surface area contributed by atoms with Crippen LogP contribution in [0.3, 0.4) is 0 Å². The second-order valence-electron chi connectivity index (χ2n) is 9.69. The minimum Gasteiger partial charge on any atom is -0.476 e. The van der Waals surface area contributed by atoms with Crippen molar-refractivity contribution in [2.75, 3.05) is 12.4 Å². The summed E-state index contributed by atoms with van der Waals surface area (Å²) in [7, 11) is 2.02. The third-order valence-electron chi connectivity index (χ3n) is 7.61. The lowest BCUT2D eigenvalue weighted by molar-refractivity contribution is 0.0687. The van der Waals surface area contributed by atoms with E-state index in [1.807, 2.05) is 7.05 Å². The molecule has 0 bridgehead atoms. The number of hydrogen-bond donors (Lipinski definition) is 2. The topological polar surface area (TPSA) is 67.2 Å². The van der Waals surface area contributed by atoms with Gasteiger partial charge in [0.25, 0.3) is 0 Å². The van der Waals surface area contributed by atoms with E-state index in [2.05, 4.69) is 39.4 Å². The normalized spacial score (nSPS) is 19.5. The van der Waals surface area contributed by atoms with E-state index in [1.165, 1.54) is 74.7 Å². The zero-order valence-corrected chi connectivity index (χ0v) is 19.6. The number of carboxylic acids is 1. The minimum absolute atomic E-state index is 0.315. The Labute approximate surface area is 192 Å². The van der Waals surface area contributed by atoms with Gasteiger partial charge in [0.05, 0.1) is 6.04 Å². The summed E-state index contributed by atoms with van der Waals surface area (Å²) in [5, 5.41) is 17.0. The quantitative estimate of drug-likeness (QED) is 0.556. The van der Waals surface area contributed by atoms with E-state index in [9.17, 15) is 9.90 Å². The number of para-hydroxylation sites is 1. The fourth-order valence-electron chi connectivity index (χ4n) is 5.92. The smallest absolute Gasteiger partial charge is 0.356 e. The summed E-state index contributed by atoms with van der Waals surface area (Å²) < 4.78 is 2.07. The van der Waals surface area contributed by atoms with E-state index in [-0.39, 0.29) is 0 Å². The van der Waals surface area contributed by atoms with E-state index in [1.54, 1.807) is 0 Å². The molecule has 5 nitrogen and oxygen atoms in total. The molecule has 5 heteroatoms. The summed E-state index contributed by atoms with van der Waals surface area (Å²) in [5.41, 5.74) is 5.38. The van der Waals surface area contributed by atoms with Crippen LogP contribution in [0.4, 0.5) is 5.69 Å². The summed E-state index contributed by atoms with van der Waals surface area (Å²) in [4.78, 5) is 11.3. The Hall–Kier alpha value is -2.30. The number of fused-ring (bicyclic) bond motifs is 1. The second-order valence-corrected chi connectivity index (χ2v) is 9.69. The molecule has 0 atom stereocenters. The van der Waals surface area contributed by atoms with Crippen LogP contribution in [0.25, 0.3) is 0 Å². The van der Waals surface area contributed by atoms with Gasteiger partial charge in [-0.05, 0) is 68.9 Å². The maximum atomic E-state index is 11.3. The molecule has 2 aromatic rings. The van der Waals surface area contributed by atoms with E-state index in [0.29, 0.717) is 11.7 Å². The third kappa shape index (κ3) is 5.19. The summed E-state index contributed by atoms with van der Waals surface area (Å²) in [6, 6.07) is 9.17. The van der Waals surface area contributed by atoms with Gasteiger partial charge in [-0.3, -0.25) is 4.68 Å². The highest BCUT2D eigenvalue weighted by atomic mass is 16.4. The lowest BCUT2D eigenvalue weighted by atomic mass is 9.83. The molecule has 3 aliphatic carbocycles. The molecular weight excluding hydrogens is 398 g/mol. The Kier molecular flexibility index (Phi) is 7.88.